The molecule has 0 bridgehead atoms. The van der Waals surface area contributed by atoms with Gasteiger partial charge in [-0.2, -0.15) is 25.3 Å². The molecule has 0 aromatic rings. The molecule has 12 heavy (non-hydrogen) atoms. The first-order chi connectivity index (χ1) is 5.91. The molecule has 0 aromatic carbocycles. The van der Waals surface area contributed by atoms with E-state index in [0.717, 1.165) is 11.5 Å². The van der Waals surface area contributed by atoms with Crippen molar-refractivity contribution in [2.45, 2.75) is 0 Å². The zero-order valence-electron chi connectivity index (χ0n) is 7.07. The van der Waals surface area contributed by atoms with Gasteiger partial charge in [-0.25, -0.2) is 0 Å². The highest BCUT2D eigenvalue weighted by molar-refractivity contribution is 7.80. The van der Waals surface area contributed by atoms with Crippen LogP contribution in [0.5, 0.6) is 0 Å². The summed E-state index contributed by atoms with van der Waals surface area (Å²) in [7, 11) is 0. The van der Waals surface area contributed by atoms with Gasteiger partial charge in [0.05, 0.1) is 26.4 Å². The van der Waals surface area contributed by atoms with Crippen molar-refractivity contribution in [2.24, 2.45) is 0 Å². The number of hydrogen-bond donors (Lipinski definition) is 2. The molecule has 0 aliphatic rings. The standard InChI is InChI=1S/C7H16O3S2/c11-5-3-8-1-2-9-7-10-4-6-12/h11-12H,1-7H2. The molecule has 0 saturated carbocycles. The Kier molecular flexibility index (Phi) is 12.1. The highest BCUT2D eigenvalue weighted by Crippen LogP contribution is 1.83. The third kappa shape index (κ3) is 10.6. The van der Waals surface area contributed by atoms with Crippen molar-refractivity contribution < 1.29 is 14.2 Å². The van der Waals surface area contributed by atoms with Crippen LogP contribution in [0.2, 0.25) is 0 Å². The average molecular weight is 212 g/mol. The number of ether oxygens (including phenoxy) is 3. The van der Waals surface area contributed by atoms with Gasteiger partial charge in [0.15, 0.2) is 0 Å². The van der Waals surface area contributed by atoms with E-state index in [0.29, 0.717) is 33.2 Å². The molecule has 0 aliphatic carbocycles. The summed E-state index contributed by atoms with van der Waals surface area (Å²) in [6, 6.07) is 0. The van der Waals surface area contributed by atoms with Gasteiger partial charge in [-0.1, -0.05) is 0 Å². The molecule has 0 saturated heterocycles. The lowest BCUT2D eigenvalue weighted by Crippen LogP contribution is -2.09. The van der Waals surface area contributed by atoms with Crippen molar-refractivity contribution in [2.75, 3.05) is 44.7 Å². The predicted octanol–water partition coefficient (Wildman–Crippen LogP) is 0.853. The van der Waals surface area contributed by atoms with Crippen LogP contribution < -0.4 is 0 Å². The summed E-state index contributed by atoms with van der Waals surface area (Å²) in [5.41, 5.74) is 0. The summed E-state index contributed by atoms with van der Waals surface area (Å²) in [5, 5.41) is 0. The molecule has 0 fully saturated rings. The normalized spacial score (nSPS) is 10.5. The highest BCUT2D eigenvalue weighted by Gasteiger charge is 1.88. The van der Waals surface area contributed by atoms with Crippen LogP contribution in [0.25, 0.3) is 0 Å². The van der Waals surface area contributed by atoms with E-state index in [1.54, 1.807) is 0 Å². The molecule has 0 unspecified atom stereocenters. The quantitative estimate of drug-likeness (QED) is 0.337. The van der Waals surface area contributed by atoms with E-state index in [-0.39, 0.29) is 0 Å². The van der Waals surface area contributed by atoms with Crippen molar-refractivity contribution in [3.05, 3.63) is 0 Å². The van der Waals surface area contributed by atoms with E-state index in [2.05, 4.69) is 25.3 Å². The maximum atomic E-state index is 5.12. The Hall–Kier alpha value is 0.580. The van der Waals surface area contributed by atoms with E-state index in [9.17, 15) is 0 Å². The largest absolute Gasteiger partial charge is 0.378 e. The van der Waals surface area contributed by atoms with Crippen molar-refractivity contribution >= 4 is 25.3 Å². The van der Waals surface area contributed by atoms with Crippen molar-refractivity contribution in [3.63, 3.8) is 0 Å². The van der Waals surface area contributed by atoms with Crippen LogP contribution in [0.1, 0.15) is 0 Å². The zero-order chi connectivity index (χ0) is 9.07. The summed E-state index contributed by atoms with van der Waals surface area (Å²) < 4.78 is 15.2. The molecule has 3 nitrogen and oxygen atoms in total. The predicted molar refractivity (Wildman–Crippen MR) is 55.3 cm³/mol. The zero-order valence-corrected chi connectivity index (χ0v) is 8.86. The molecule has 0 atom stereocenters. The highest BCUT2D eigenvalue weighted by atomic mass is 32.1. The maximum absolute atomic E-state index is 5.12. The summed E-state index contributed by atoms with van der Waals surface area (Å²) in [5.74, 6) is 1.47. The molecule has 0 aromatic heterocycles. The topological polar surface area (TPSA) is 27.7 Å². The van der Waals surface area contributed by atoms with Crippen LogP contribution in [0.4, 0.5) is 0 Å². The third-order valence-corrected chi connectivity index (χ3v) is 1.38. The van der Waals surface area contributed by atoms with Gasteiger partial charge in [0.2, 0.25) is 0 Å². The van der Waals surface area contributed by atoms with Gasteiger partial charge in [0, 0.05) is 11.5 Å². The van der Waals surface area contributed by atoms with Gasteiger partial charge in [-0.05, 0) is 0 Å². The Morgan fingerprint density at radius 3 is 1.83 bits per heavy atom. The Labute approximate surface area is 84.6 Å². The van der Waals surface area contributed by atoms with Crippen LogP contribution in [0.15, 0.2) is 0 Å². The summed E-state index contributed by atoms with van der Waals surface area (Å²) >= 11 is 7.97. The SMILES string of the molecule is SCCOCCOCOCCS. The lowest BCUT2D eigenvalue weighted by Gasteiger charge is -2.04. The average Bonchev–Trinajstić information content (AvgIpc) is 2.10. The van der Waals surface area contributed by atoms with E-state index >= 15 is 0 Å². The number of rotatable bonds is 9. The van der Waals surface area contributed by atoms with Crippen molar-refractivity contribution in [3.8, 4) is 0 Å². The molecule has 0 radical (unpaired) electrons. The van der Waals surface area contributed by atoms with Gasteiger partial charge >= 0.3 is 0 Å². The fourth-order valence-electron chi connectivity index (χ4n) is 0.526. The minimum absolute atomic E-state index is 0.324. The second kappa shape index (κ2) is 11.6. The molecule has 74 valence electrons. The van der Waals surface area contributed by atoms with Crippen molar-refractivity contribution in [1.82, 2.24) is 0 Å². The van der Waals surface area contributed by atoms with Crippen molar-refractivity contribution in [1.29, 1.82) is 0 Å². The number of hydrogen-bond acceptors (Lipinski definition) is 5. The maximum Gasteiger partial charge on any atom is 0.146 e. The smallest absolute Gasteiger partial charge is 0.146 e. The molecule has 0 N–H and O–H groups in total. The second-order valence-corrected chi connectivity index (χ2v) is 2.89. The Bertz CT molecular complexity index is 73.1. The van der Waals surface area contributed by atoms with E-state index in [4.69, 9.17) is 14.2 Å². The molecule has 0 heterocycles. The lowest BCUT2D eigenvalue weighted by molar-refractivity contribution is -0.0638. The number of thiol groups is 2. The second-order valence-electron chi connectivity index (χ2n) is 1.99. The molecule has 0 rings (SSSR count). The summed E-state index contributed by atoms with van der Waals surface area (Å²) in [6.07, 6.45) is 0. The van der Waals surface area contributed by atoms with Crippen LogP contribution in [-0.2, 0) is 14.2 Å². The molecule has 0 spiro atoms. The van der Waals surface area contributed by atoms with Crippen LogP contribution in [0, 0.1) is 0 Å². The Morgan fingerprint density at radius 2 is 1.17 bits per heavy atom. The lowest BCUT2D eigenvalue weighted by atomic mass is 10.7. The van der Waals surface area contributed by atoms with Gasteiger partial charge in [0.25, 0.3) is 0 Å². The van der Waals surface area contributed by atoms with E-state index < -0.39 is 0 Å². The van der Waals surface area contributed by atoms with E-state index in [1.807, 2.05) is 0 Å². The molecular formula is C7H16O3S2. The van der Waals surface area contributed by atoms with Gasteiger partial charge in [0.1, 0.15) is 6.79 Å². The summed E-state index contributed by atoms with van der Waals surface area (Å²) in [6.45, 7) is 2.79. The fraction of sp³-hybridized carbons (Fsp3) is 1.00. The minimum Gasteiger partial charge on any atom is -0.378 e. The molecule has 0 aliphatic heterocycles. The van der Waals surface area contributed by atoms with Gasteiger partial charge < -0.3 is 14.2 Å². The Morgan fingerprint density at radius 1 is 0.667 bits per heavy atom. The van der Waals surface area contributed by atoms with Gasteiger partial charge in [-0.15, -0.1) is 0 Å². The van der Waals surface area contributed by atoms with Crippen LogP contribution in [0.3, 0.4) is 0 Å². The third-order valence-electron chi connectivity index (χ3n) is 1.01. The monoisotopic (exact) mass is 212 g/mol. The van der Waals surface area contributed by atoms with Crippen LogP contribution >= 0.6 is 25.3 Å². The van der Waals surface area contributed by atoms with Crippen LogP contribution in [-0.4, -0.2) is 44.7 Å². The van der Waals surface area contributed by atoms with Gasteiger partial charge in [-0.3, -0.25) is 0 Å². The first kappa shape index (κ1) is 12.6. The fourth-order valence-corrected chi connectivity index (χ4v) is 0.784. The Balaban J connectivity index is 2.73. The minimum atomic E-state index is 0.324. The molecular weight excluding hydrogens is 196 g/mol. The summed E-state index contributed by atoms with van der Waals surface area (Å²) in [4.78, 5) is 0. The molecule has 0 amide bonds. The first-order valence-corrected chi connectivity index (χ1v) is 5.13. The first-order valence-electron chi connectivity index (χ1n) is 3.86. The molecule has 5 heteroatoms. The van der Waals surface area contributed by atoms with E-state index in [1.165, 1.54) is 0 Å².